The maximum absolute atomic E-state index is 11.3. The summed E-state index contributed by atoms with van der Waals surface area (Å²) in [4.78, 5) is 23.6. The molecule has 2 aromatic heterocycles. The molecule has 8 nitrogen and oxygen atoms in total. The highest BCUT2D eigenvalue weighted by Crippen LogP contribution is 2.21. The Morgan fingerprint density at radius 2 is 2.23 bits per heavy atom. The topological polar surface area (TPSA) is 95.6 Å². The molecule has 0 unspecified atom stereocenters. The number of carboxylic acid groups (broad SMARTS) is 1. The predicted molar refractivity (Wildman–Crippen MR) is 78.5 cm³/mol. The Balaban J connectivity index is 1.77. The summed E-state index contributed by atoms with van der Waals surface area (Å²) in [5.41, 5.74) is 0.744. The molecule has 3 rings (SSSR count). The molecule has 1 aliphatic heterocycles. The van der Waals surface area contributed by atoms with Gasteiger partial charge in [-0.25, -0.2) is 4.98 Å². The van der Waals surface area contributed by atoms with Gasteiger partial charge in [0.25, 0.3) is 5.89 Å². The van der Waals surface area contributed by atoms with Crippen LogP contribution >= 0.6 is 0 Å². The van der Waals surface area contributed by atoms with Gasteiger partial charge in [0.2, 0.25) is 0 Å². The van der Waals surface area contributed by atoms with Gasteiger partial charge in [0.1, 0.15) is 11.9 Å². The lowest BCUT2D eigenvalue weighted by Gasteiger charge is -2.37. The van der Waals surface area contributed by atoms with E-state index < -0.39 is 12.0 Å². The number of carbonyl (C=O) groups is 1. The van der Waals surface area contributed by atoms with Crippen molar-refractivity contribution in [3.63, 3.8) is 0 Å². The van der Waals surface area contributed by atoms with E-state index in [0.29, 0.717) is 24.8 Å². The van der Waals surface area contributed by atoms with Crippen molar-refractivity contribution in [1.82, 2.24) is 20.0 Å². The van der Waals surface area contributed by atoms with Gasteiger partial charge in [-0.2, -0.15) is 4.98 Å². The van der Waals surface area contributed by atoms with Crippen LogP contribution in [0.5, 0.6) is 0 Å². The SMILES string of the molecule is Cc1noc(-c2ccc(N3CCN(C)[C@H](C(=O)O)C3)nc2)n1. The van der Waals surface area contributed by atoms with Crippen molar-refractivity contribution in [2.45, 2.75) is 13.0 Å². The number of aliphatic carboxylic acids is 1. The maximum Gasteiger partial charge on any atom is 0.322 e. The summed E-state index contributed by atoms with van der Waals surface area (Å²) >= 11 is 0. The Morgan fingerprint density at radius 3 is 2.82 bits per heavy atom. The van der Waals surface area contributed by atoms with Crippen molar-refractivity contribution < 1.29 is 14.4 Å². The van der Waals surface area contributed by atoms with E-state index in [0.717, 1.165) is 17.9 Å². The van der Waals surface area contributed by atoms with Crippen LogP contribution in [0.1, 0.15) is 5.82 Å². The molecule has 1 saturated heterocycles. The average molecular weight is 303 g/mol. The smallest absolute Gasteiger partial charge is 0.322 e. The standard InChI is InChI=1S/C14H17N5O3/c1-9-16-13(22-17-9)10-3-4-12(15-7-10)19-6-5-18(2)11(8-19)14(20)21/h3-4,7,11H,5-6,8H2,1-2H3,(H,20,21)/t11-/m0/s1. The highest BCUT2D eigenvalue weighted by atomic mass is 16.5. The first kappa shape index (κ1) is 14.5. The minimum Gasteiger partial charge on any atom is -0.480 e. The third-order valence-electron chi connectivity index (χ3n) is 3.78. The van der Waals surface area contributed by atoms with E-state index in [1.165, 1.54) is 0 Å². The molecule has 0 amide bonds. The zero-order chi connectivity index (χ0) is 15.7. The van der Waals surface area contributed by atoms with Crippen molar-refractivity contribution in [3.05, 3.63) is 24.2 Å². The lowest BCUT2D eigenvalue weighted by atomic mass is 10.1. The first-order chi connectivity index (χ1) is 10.5. The van der Waals surface area contributed by atoms with Crippen LogP contribution in [-0.2, 0) is 4.79 Å². The largest absolute Gasteiger partial charge is 0.480 e. The number of hydrogen-bond donors (Lipinski definition) is 1. The summed E-state index contributed by atoms with van der Waals surface area (Å²) in [5.74, 6) is 0.935. The lowest BCUT2D eigenvalue weighted by molar-refractivity contribution is -0.142. The minimum absolute atomic E-state index is 0.415. The second-order valence-corrected chi connectivity index (χ2v) is 5.33. The summed E-state index contributed by atoms with van der Waals surface area (Å²) in [6.45, 7) is 3.60. The Morgan fingerprint density at radius 1 is 1.41 bits per heavy atom. The van der Waals surface area contributed by atoms with Gasteiger partial charge < -0.3 is 14.5 Å². The summed E-state index contributed by atoms with van der Waals surface area (Å²) in [6, 6.07) is 3.18. The van der Waals surface area contributed by atoms with Crippen molar-refractivity contribution >= 4 is 11.8 Å². The number of hydrogen-bond acceptors (Lipinski definition) is 7. The Kier molecular flexibility index (Phi) is 3.76. The van der Waals surface area contributed by atoms with E-state index in [9.17, 15) is 9.90 Å². The zero-order valence-electron chi connectivity index (χ0n) is 12.4. The summed E-state index contributed by atoms with van der Waals surface area (Å²) < 4.78 is 5.10. The van der Waals surface area contributed by atoms with Crippen LogP contribution in [0.3, 0.4) is 0 Å². The van der Waals surface area contributed by atoms with Crippen LogP contribution in [-0.4, -0.2) is 63.8 Å². The van der Waals surface area contributed by atoms with Crippen LogP contribution in [0.2, 0.25) is 0 Å². The van der Waals surface area contributed by atoms with Gasteiger partial charge in [0, 0.05) is 25.8 Å². The van der Waals surface area contributed by atoms with E-state index in [4.69, 9.17) is 4.52 Å². The van der Waals surface area contributed by atoms with Gasteiger partial charge in [0.05, 0.1) is 5.56 Å². The van der Waals surface area contributed by atoms with E-state index in [1.54, 1.807) is 13.1 Å². The fraction of sp³-hybridized carbons (Fsp3) is 0.429. The van der Waals surface area contributed by atoms with E-state index in [1.807, 2.05) is 29.0 Å². The van der Waals surface area contributed by atoms with Gasteiger partial charge >= 0.3 is 5.97 Å². The normalized spacial score (nSPS) is 19.4. The second-order valence-electron chi connectivity index (χ2n) is 5.33. The van der Waals surface area contributed by atoms with Crippen LogP contribution in [0.25, 0.3) is 11.5 Å². The Labute approximate surface area is 127 Å². The molecular weight excluding hydrogens is 286 g/mol. The molecule has 0 bridgehead atoms. The highest BCUT2D eigenvalue weighted by molar-refractivity contribution is 5.74. The number of aryl methyl sites for hydroxylation is 1. The van der Waals surface area contributed by atoms with Crippen molar-refractivity contribution in [2.24, 2.45) is 0 Å². The third kappa shape index (κ3) is 2.77. The number of nitrogens with zero attached hydrogens (tertiary/aromatic N) is 5. The van der Waals surface area contributed by atoms with Crippen LogP contribution in [0, 0.1) is 6.92 Å². The lowest BCUT2D eigenvalue weighted by Crippen LogP contribution is -2.55. The molecule has 0 aromatic carbocycles. The number of aromatic nitrogens is 3. The monoisotopic (exact) mass is 303 g/mol. The molecule has 1 atom stereocenters. The van der Waals surface area contributed by atoms with E-state index in [-0.39, 0.29) is 0 Å². The average Bonchev–Trinajstić information content (AvgIpc) is 2.94. The molecule has 116 valence electrons. The van der Waals surface area contributed by atoms with Gasteiger partial charge in [-0.15, -0.1) is 0 Å². The van der Waals surface area contributed by atoms with Gasteiger partial charge in [0.15, 0.2) is 5.82 Å². The number of anilines is 1. The summed E-state index contributed by atoms with van der Waals surface area (Å²) in [6.07, 6.45) is 1.66. The van der Waals surface area contributed by atoms with E-state index >= 15 is 0 Å². The molecule has 3 heterocycles. The van der Waals surface area contributed by atoms with Crippen LogP contribution in [0.15, 0.2) is 22.9 Å². The van der Waals surface area contributed by atoms with Gasteiger partial charge in [-0.05, 0) is 26.1 Å². The molecule has 8 heteroatoms. The number of piperazine rings is 1. The predicted octanol–water partition coefficient (Wildman–Crippen LogP) is 0.645. The molecule has 2 aromatic rings. The highest BCUT2D eigenvalue weighted by Gasteiger charge is 2.30. The maximum atomic E-state index is 11.3. The fourth-order valence-corrected chi connectivity index (χ4v) is 2.46. The first-order valence-electron chi connectivity index (χ1n) is 6.99. The van der Waals surface area contributed by atoms with Crippen molar-refractivity contribution in [3.8, 4) is 11.5 Å². The quantitative estimate of drug-likeness (QED) is 0.883. The van der Waals surface area contributed by atoms with Gasteiger partial charge in [-0.1, -0.05) is 5.16 Å². The molecule has 0 saturated carbocycles. The van der Waals surface area contributed by atoms with E-state index in [2.05, 4.69) is 15.1 Å². The first-order valence-corrected chi connectivity index (χ1v) is 6.99. The summed E-state index contributed by atoms with van der Waals surface area (Å²) in [5, 5.41) is 13.0. The summed E-state index contributed by atoms with van der Waals surface area (Å²) in [7, 11) is 1.82. The molecule has 0 spiro atoms. The minimum atomic E-state index is -0.815. The second kappa shape index (κ2) is 5.72. The molecule has 1 fully saturated rings. The fourth-order valence-electron chi connectivity index (χ4n) is 2.46. The van der Waals surface area contributed by atoms with Crippen LogP contribution in [0.4, 0.5) is 5.82 Å². The molecule has 22 heavy (non-hydrogen) atoms. The van der Waals surface area contributed by atoms with Gasteiger partial charge in [-0.3, -0.25) is 9.69 Å². The van der Waals surface area contributed by atoms with Crippen molar-refractivity contribution in [1.29, 1.82) is 0 Å². The molecule has 0 aliphatic carbocycles. The number of rotatable bonds is 3. The number of carboxylic acids is 1. The van der Waals surface area contributed by atoms with Crippen molar-refractivity contribution in [2.75, 3.05) is 31.6 Å². The number of likely N-dealkylation sites (N-methyl/N-ethyl adjacent to an activating group) is 1. The molecule has 1 aliphatic rings. The Hall–Kier alpha value is -2.48. The number of pyridine rings is 1. The third-order valence-corrected chi connectivity index (χ3v) is 3.78. The van der Waals surface area contributed by atoms with Crippen LogP contribution < -0.4 is 4.90 Å². The molecule has 1 N–H and O–H groups in total. The Bertz CT molecular complexity index is 669. The zero-order valence-corrected chi connectivity index (χ0v) is 12.4. The molecule has 0 radical (unpaired) electrons. The molecular formula is C14H17N5O3.